The molecule has 0 spiro atoms. The van der Waals surface area contributed by atoms with E-state index in [9.17, 15) is 0 Å². The number of nitrogens with zero attached hydrogens (tertiary/aromatic N) is 2. The molecular weight excluding hydrogens is 266 g/mol. The van der Waals surface area contributed by atoms with E-state index in [1.165, 1.54) is 0 Å². The van der Waals surface area contributed by atoms with Gasteiger partial charge in [0.15, 0.2) is 0 Å². The van der Waals surface area contributed by atoms with Crippen LogP contribution in [-0.2, 0) is 0 Å². The van der Waals surface area contributed by atoms with Crippen LogP contribution in [0.5, 0.6) is 0 Å². The van der Waals surface area contributed by atoms with Gasteiger partial charge in [0.2, 0.25) is 0 Å². The van der Waals surface area contributed by atoms with E-state index in [1.54, 1.807) is 0 Å². The van der Waals surface area contributed by atoms with Crippen molar-refractivity contribution >= 4 is 21.7 Å². The Labute approximate surface area is 106 Å². The zero-order valence-electron chi connectivity index (χ0n) is 10.0. The normalized spacial score (nSPS) is 10.8. The summed E-state index contributed by atoms with van der Waals surface area (Å²) in [6.45, 7) is 8.79. The summed E-state index contributed by atoms with van der Waals surface area (Å²) in [6.07, 6.45) is 2.96. The van der Waals surface area contributed by atoms with Gasteiger partial charge in [-0.25, -0.2) is 4.98 Å². The van der Waals surface area contributed by atoms with Gasteiger partial charge >= 0.3 is 0 Å². The number of nitrogens with one attached hydrogen (secondary N) is 1. The molecule has 0 unspecified atom stereocenters. The van der Waals surface area contributed by atoms with Gasteiger partial charge in [0.25, 0.3) is 0 Å². The molecule has 1 aromatic heterocycles. The molecule has 0 atom stereocenters. The van der Waals surface area contributed by atoms with E-state index in [-0.39, 0.29) is 0 Å². The van der Waals surface area contributed by atoms with E-state index in [1.807, 2.05) is 18.3 Å². The molecule has 0 radical (unpaired) electrons. The molecule has 0 aliphatic rings. The van der Waals surface area contributed by atoms with Gasteiger partial charge in [0.05, 0.1) is 0 Å². The molecule has 4 heteroatoms. The van der Waals surface area contributed by atoms with Gasteiger partial charge in [-0.05, 0) is 54.1 Å². The molecule has 3 nitrogen and oxygen atoms in total. The number of pyridine rings is 1. The molecular formula is C12H20BrN3. The van der Waals surface area contributed by atoms with Crippen LogP contribution in [0.4, 0.5) is 5.82 Å². The third kappa shape index (κ3) is 4.94. The van der Waals surface area contributed by atoms with Crippen molar-refractivity contribution in [3.05, 3.63) is 22.8 Å². The summed E-state index contributed by atoms with van der Waals surface area (Å²) in [5.74, 6) is 0.947. The highest BCUT2D eigenvalue weighted by atomic mass is 79.9. The summed E-state index contributed by atoms with van der Waals surface area (Å²) >= 11 is 3.37. The van der Waals surface area contributed by atoms with E-state index in [4.69, 9.17) is 0 Å². The number of hydrogen-bond donors (Lipinski definition) is 1. The number of anilines is 1. The fourth-order valence-electron chi connectivity index (χ4n) is 1.54. The van der Waals surface area contributed by atoms with Gasteiger partial charge in [-0.2, -0.15) is 0 Å². The topological polar surface area (TPSA) is 28.2 Å². The van der Waals surface area contributed by atoms with Crippen molar-refractivity contribution in [3.8, 4) is 0 Å². The lowest BCUT2D eigenvalue weighted by Crippen LogP contribution is -2.25. The first kappa shape index (κ1) is 13.5. The molecule has 0 aliphatic heterocycles. The van der Waals surface area contributed by atoms with E-state index in [0.717, 1.165) is 42.9 Å². The Morgan fingerprint density at radius 2 is 2.06 bits per heavy atom. The fraction of sp³-hybridized carbons (Fsp3) is 0.583. The second-order valence-electron chi connectivity index (χ2n) is 3.67. The van der Waals surface area contributed by atoms with Crippen LogP contribution < -0.4 is 5.32 Å². The fourth-order valence-corrected chi connectivity index (χ4v) is 1.77. The first-order chi connectivity index (χ1) is 7.76. The molecule has 1 rings (SSSR count). The minimum absolute atomic E-state index is 0.947. The van der Waals surface area contributed by atoms with Crippen LogP contribution in [0.3, 0.4) is 0 Å². The Morgan fingerprint density at radius 1 is 1.31 bits per heavy atom. The average molecular weight is 286 g/mol. The lowest BCUT2D eigenvalue weighted by molar-refractivity contribution is 0.303. The lowest BCUT2D eigenvalue weighted by atomic mass is 10.3. The van der Waals surface area contributed by atoms with Gasteiger partial charge in [0, 0.05) is 17.2 Å². The van der Waals surface area contributed by atoms with Gasteiger partial charge < -0.3 is 10.2 Å². The van der Waals surface area contributed by atoms with Crippen molar-refractivity contribution in [1.82, 2.24) is 9.88 Å². The number of aromatic nitrogens is 1. The van der Waals surface area contributed by atoms with Crippen LogP contribution in [-0.4, -0.2) is 36.1 Å². The predicted octanol–water partition coefficient (Wildman–Crippen LogP) is 2.99. The molecule has 1 N–H and O–H groups in total. The molecule has 0 aromatic carbocycles. The molecule has 0 saturated carbocycles. The lowest BCUT2D eigenvalue weighted by Gasteiger charge is -2.17. The number of rotatable bonds is 7. The van der Waals surface area contributed by atoms with Crippen molar-refractivity contribution < 1.29 is 0 Å². The molecule has 90 valence electrons. The van der Waals surface area contributed by atoms with Gasteiger partial charge in [-0.15, -0.1) is 0 Å². The summed E-state index contributed by atoms with van der Waals surface area (Å²) < 4.78 is 1.01. The maximum absolute atomic E-state index is 4.26. The predicted molar refractivity (Wildman–Crippen MR) is 72.8 cm³/mol. The number of halogens is 1. The maximum Gasteiger partial charge on any atom is 0.125 e. The number of hydrogen-bond acceptors (Lipinski definition) is 3. The van der Waals surface area contributed by atoms with E-state index in [0.29, 0.717) is 0 Å². The zero-order valence-corrected chi connectivity index (χ0v) is 11.6. The molecule has 0 aliphatic carbocycles. The van der Waals surface area contributed by atoms with Crippen LogP contribution in [0.2, 0.25) is 0 Å². The van der Waals surface area contributed by atoms with Crippen LogP contribution in [0.25, 0.3) is 0 Å². The van der Waals surface area contributed by atoms with Crippen molar-refractivity contribution in [3.63, 3.8) is 0 Å². The highest BCUT2D eigenvalue weighted by Crippen LogP contribution is 2.10. The SMILES string of the molecule is CCN(CC)CCCNc1ccc(Br)cn1. The van der Waals surface area contributed by atoms with Gasteiger partial charge in [0.1, 0.15) is 5.82 Å². The van der Waals surface area contributed by atoms with E-state index < -0.39 is 0 Å². The maximum atomic E-state index is 4.26. The molecule has 0 bridgehead atoms. The molecule has 1 heterocycles. The largest absolute Gasteiger partial charge is 0.370 e. The minimum Gasteiger partial charge on any atom is -0.370 e. The Hall–Kier alpha value is -0.610. The average Bonchev–Trinajstić information content (AvgIpc) is 2.32. The molecule has 1 aromatic rings. The van der Waals surface area contributed by atoms with Crippen molar-refractivity contribution in [2.75, 3.05) is 31.5 Å². The smallest absolute Gasteiger partial charge is 0.125 e. The van der Waals surface area contributed by atoms with Crippen LogP contribution in [0.15, 0.2) is 22.8 Å². The van der Waals surface area contributed by atoms with Crippen LogP contribution in [0, 0.1) is 0 Å². The van der Waals surface area contributed by atoms with E-state index in [2.05, 4.69) is 45.0 Å². The van der Waals surface area contributed by atoms with E-state index >= 15 is 0 Å². The Morgan fingerprint density at radius 3 is 2.62 bits per heavy atom. The quantitative estimate of drug-likeness (QED) is 0.781. The first-order valence-electron chi connectivity index (χ1n) is 5.84. The third-order valence-corrected chi connectivity index (χ3v) is 3.05. The summed E-state index contributed by atoms with van der Waals surface area (Å²) in [4.78, 5) is 6.69. The highest BCUT2D eigenvalue weighted by molar-refractivity contribution is 9.10. The van der Waals surface area contributed by atoms with Crippen LogP contribution in [0.1, 0.15) is 20.3 Å². The molecule has 0 fully saturated rings. The summed E-state index contributed by atoms with van der Waals surface area (Å²) in [7, 11) is 0. The van der Waals surface area contributed by atoms with Crippen molar-refractivity contribution in [2.24, 2.45) is 0 Å². The highest BCUT2D eigenvalue weighted by Gasteiger charge is 1.98. The molecule has 16 heavy (non-hydrogen) atoms. The Balaban J connectivity index is 2.18. The van der Waals surface area contributed by atoms with Crippen molar-refractivity contribution in [2.45, 2.75) is 20.3 Å². The first-order valence-corrected chi connectivity index (χ1v) is 6.63. The molecule has 0 amide bonds. The minimum atomic E-state index is 0.947. The second kappa shape index (κ2) is 7.63. The van der Waals surface area contributed by atoms with Crippen molar-refractivity contribution in [1.29, 1.82) is 0 Å². The third-order valence-electron chi connectivity index (χ3n) is 2.58. The monoisotopic (exact) mass is 285 g/mol. The second-order valence-corrected chi connectivity index (χ2v) is 4.58. The van der Waals surface area contributed by atoms with Gasteiger partial charge in [-0.3, -0.25) is 0 Å². The Bertz CT molecular complexity index is 283. The molecule has 0 saturated heterocycles. The van der Waals surface area contributed by atoms with Gasteiger partial charge in [-0.1, -0.05) is 13.8 Å². The zero-order chi connectivity index (χ0) is 11.8. The van der Waals surface area contributed by atoms with Crippen LogP contribution >= 0.6 is 15.9 Å². The standard InChI is InChI=1S/C12H20BrN3/c1-3-16(4-2)9-5-8-14-12-7-6-11(13)10-15-12/h6-7,10H,3-5,8-9H2,1-2H3,(H,14,15). The Kier molecular flexibility index (Phi) is 6.42. The summed E-state index contributed by atoms with van der Waals surface area (Å²) in [5, 5.41) is 3.32. The summed E-state index contributed by atoms with van der Waals surface area (Å²) in [6, 6.07) is 3.99. The summed E-state index contributed by atoms with van der Waals surface area (Å²) in [5.41, 5.74) is 0.